The summed E-state index contributed by atoms with van der Waals surface area (Å²) in [4.78, 5) is 15.8. The third-order valence-corrected chi connectivity index (χ3v) is 4.55. The fraction of sp³-hybridized carbons (Fsp3) is 0.364. The first kappa shape index (κ1) is 24.3. The Hall–Kier alpha value is -2.97. The van der Waals surface area contributed by atoms with Gasteiger partial charge < -0.3 is 10.6 Å². The lowest BCUT2D eigenvalue weighted by atomic mass is 10.1. The summed E-state index contributed by atoms with van der Waals surface area (Å²) in [6.45, 7) is 1.87. The fourth-order valence-electron chi connectivity index (χ4n) is 2.94. The van der Waals surface area contributed by atoms with Gasteiger partial charge in [-0.1, -0.05) is 25.8 Å². The largest absolute Gasteiger partial charge is 0.433 e. The maximum Gasteiger partial charge on any atom is 0.433 e. The molecule has 0 unspecified atom stereocenters. The molecule has 0 radical (unpaired) electrons. The molecule has 0 spiro atoms. The van der Waals surface area contributed by atoms with Crippen molar-refractivity contribution >= 4 is 17.7 Å². The summed E-state index contributed by atoms with van der Waals surface area (Å²) in [6, 6.07) is 4.35. The summed E-state index contributed by atoms with van der Waals surface area (Å²) in [7, 11) is 1.39. The van der Waals surface area contributed by atoms with Crippen molar-refractivity contribution in [3.8, 4) is 0 Å². The van der Waals surface area contributed by atoms with E-state index in [1.807, 2.05) is 6.92 Å². The summed E-state index contributed by atoms with van der Waals surface area (Å²) < 4.78 is 66.5. The van der Waals surface area contributed by atoms with Crippen LogP contribution < -0.4 is 10.6 Å². The molecule has 0 aliphatic carbocycles. The number of amides is 1. The standard InChI is InChI=1S/C22H24F5N3O/c1-3-4-5-6-18-15(7-9-19(30-18)22(25,26)27)8-10-20(31)29-13-14-11-16(23)21(28-2)17(24)12-14/h7-12,28H,3-6,13H2,1-2H3,(H,29,31)/b10-8+. The summed E-state index contributed by atoms with van der Waals surface area (Å²) in [5.74, 6) is -2.12. The molecule has 0 fully saturated rings. The van der Waals surface area contributed by atoms with E-state index in [-0.39, 0.29) is 23.5 Å². The number of hydrogen-bond donors (Lipinski definition) is 2. The molecular formula is C22H24F5N3O. The van der Waals surface area contributed by atoms with Crippen molar-refractivity contribution < 1.29 is 26.7 Å². The quantitative estimate of drug-likeness (QED) is 0.308. The van der Waals surface area contributed by atoms with Gasteiger partial charge in [-0.25, -0.2) is 13.8 Å². The van der Waals surface area contributed by atoms with Gasteiger partial charge >= 0.3 is 6.18 Å². The number of pyridine rings is 1. The average Bonchev–Trinajstić information content (AvgIpc) is 2.70. The molecular weight excluding hydrogens is 417 g/mol. The van der Waals surface area contributed by atoms with E-state index in [1.165, 1.54) is 19.2 Å². The number of nitrogens with zero attached hydrogens (tertiary/aromatic N) is 1. The van der Waals surface area contributed by atoms with Gasteiger partial charge in [-0.3, -0.25) is 4.79 Å². The second-order valence-electron chi connectivity index (χ2n) is 6.92. The smallest absolute Gasteiger partial charge is 0.383 e. The molecule has 0 aliphatic rings. The SMILES string of the molecule is CCCCCc1nc(C(F)(F)F)ccc1/C=C/C(=O)NCc1cc(F)c(NC)c(F)c1. The molecule has 1 amide bonds. The van der Waals surface area contributed by atoms with Gasteiger partial charge in [0.05, 0.1) is 0 Å². The van der Waals surface area contributed by atoms with Gasteiger partial charge in [-0.2, -0.15) is 13.2 Å². The van der Waals surface area contributed by atoms with E-state index in [0.29, 0.717) is 18.4 Å². The molecule has 0 aliphatic heterocycles. The highest BCUT2D eigenvalue weighted by molar-refractivity contribution is 5.91. The molecule has 0 saturated heterocycles. The number of alkyl halides is 3. The zero-order valence-corrected chi connectivity index (χ0v) is 17.2. The number of anilines is 1. The molecule has 1 heterocycles. The molecule has 2 N–H and O–H groups in total. The van der Waals surface area contributed by atoms with Gasteiger partial charge in [-0.15, -0.1) is 0 Å². The first-order chi connectivity index (χ1) is 14.7. The topological polar surface area (TPSA) is 54.0 Å². The van der Waals surface area contributed by atoms with Gasteiger partial charge in [0, 0.05) is 25.4 Å². The van der Waals surface area contributed by atoms with Crippen molar-refractivity contribution in [3.05, 3.63) is 64.5 Å². The van der Waals surface area contributed by atoms with Crippen LogP contribution in [0, 0.1) is 11.6 Å². The van der Waals surface area contributed by atoms with Crippen molar-refractivity contribution in [1.29, 1.82) is 0 Å². The maximum atomic E-state index is 13.8. The number of benzene rings is 1. The van der Waals surface area contributed by atoms with Crippen molar-refractivity contribution in [2.24, 2.45) is 0 Å². The van der Waals surface area contributed by atoms with E-state index in [4.69, 9.17) is 0 Å². The Balaban J connectivity index is 2.10. The van der Waals surface area contributed by atoms with Crippen LogP contribution in [0.5, 0.6) is 0 Å². The average molecular weight is 441 g/mol. The normalized spacial score (nSPS) is 11.7. The highest BCUT2D eigenvalue weighted by Gasteiger charge is 2.32. The van der Waals surface area contributed by atoms with Crippen LogP contribution in [0.4, 0.5) is 27.6 Å². The van der Waals surface area contributed by atoms with Crippen LogP contribution in [-0.2, 0) is 23.9 Å². The third kappa shape index (κ3) is 7.04. The number of aryl methyl sites for hydroxylation is 1. The fourth-order valence-corrected chi connectivity index (χ4v) is 2.94. The number of nitrogens with one attached hydrogen (secondary N) is 2. The minimum Gasteiger partial charge on any atom is -0.383 e. The Morgan fingerprint density at radius 1 is 1.13 bits per heavy atom. The van der Waals surface area contributed by atoms with Gasteiger partial charge in [0.25, 0.3) is 0 Å². The van der Waals surface area contributed by atoms with Gasteiger partial charge in [0.2, 0.25) is 5.91 Å². The number of carbonyl (C=O) groups excluding carboxylic acids is 1. The molecule has 0 saturated carbocycles. The summed E-state index contributed by atoms with van der Waals surface area (Å²) >= 11 is 0. The lowest BCUT2D eigenvalue weighted by Gasteiger charge is -2.11. The lowest BCUT2D eigenvalue weighted by Crippen LogP contribution is -2.20. The number of hydrogen-bond acceptors (Lipinski definition) is 3. The highest BCUT2D eigenvalue weighted by atomic mass is 19.4. The Kier molecular flexibility index (Phi) is 8.53. The molecule has 4 nitrogen and oxygen atoms in total. The van der Waals surface area contributed by atoms with Crippen molar-refractivity contribution in [2.75, 3.05) is 12.4 Å². The zero-order valence-electron chi connectivity index (χ0n) is 17.2. The maximum absolute atomic E-state index is 13.8. The van der Waals surface area contributed by atoms with E-state index in [9.17, 15) is 26.7 Å². The number of carbonyl (C=O) groups is 1. The number of aromatic nitrogens is 1. The van der Waals surface area contributed by atoms with Gasteiger partial charge in [-0.05, 0) is 48.2 Å². The van der Waals surface area contributed by atoms with E-state index in [2.05, 4.69) is 15.6 Å². The predicted octanol–water partition coefficient (Wildman–Crippen LogP) is 5.48. The summed E-state index contributed by atoms with van der Waals surface area (Å²) in [6.07, 6.45) is 0.779. The molecule has 2 aromatic rings. The van der Waals surface area contributed by atoms with E-state index < -0.39 is 29.4 Å². The molecule has 2 rings (SSSR count). The number of rotatable bonds is 9. The first-order valence-electron chi connectivity index (χ1n) is 9.84. The van der Waals surface area contributed by atoms with E-state index in [1.54, 1.807) is 0 Å². The summed E-state index contributed by atoms with van der Waals surface area (Å²) in [5, 5.41) is 4.89. The molecule has 9 heteroatoms. The Morgan fingerprint density at radius 3 is 2.39 bits per heavy atom. The van der Waals surface area contributed by atoms with Gasteiger partial charge in [0.1, 0.15) is 23.0 Å². The summed E-state index contributed by atoms with van der Waals surface area (Å²) in [5.41, 5.74) is -0.337. The Labute approximate surface area is 177 Å². The minimum absolute atomic E-state index is 0.115. The monoisotopic (exact) mass is 441 g/mol. The first-order valence-corrected chi connectivity index (χ1v) is 9.84. The van der Waals surface area contributed by atoms with Crippen LogP contribution in [0.3, 0.4) is 0 Å². The van der Waals surface area contributed by atoms with Crippen LogP contribution >= 0.6 is 0 Å². The third-order valence-electron chi connectivity index (χ3n) is 4.55. The van der Waals surface area contributed by atoms with Crippen molar-refractivity contribution in [2.45, 2.75) is 45.3 Å². The molecule has 168 valence electrons. The van der Waals surface area contributed by atoms with Crippen molar-refractivity contribution in [3.63, 3.8) is 0 Å². The molecule has 0 atom stereocenters. The van der Waals surface area contributed by atoms with E-state index in [0.717, 1.165) is 37.1 Å². The van der Waals surface area contributed by atoms with Gasteiger partial charge in [0.15, 0.2) is 0 Å². The molecule has 31 heavy (non-hydrogen) atoms. The lowest BCUT2D eigenvalue weighted by molar-refractivity contribution is -0.141. The highest BCUT2D eigenvalue weighted by Crippen LogP contribution is 2.29. The molecule has 1 aromatic heterocycles. The van der Waals surface area contributed by atoms with Crippen LogP contribution in [0.15, 0.2) is 30.3 Å². The minimum atomic E-state index is -4.55. The Bertz CT molecular complexity index is 918. The van der Waals surface area contributed by atoms with Crippen LogP contribution in [0.25, 0.3) is 6.08 Å². The Morgan fingerprint density at radius 2 is 1.81 bits per heavy atom. The second-order valence-corrected chi connectivity index (χ2v) is 6.92. The molecule has 0 bridgehead atoms. The zero-order chi connectivity index (χ0) is 23.0. The number of unbranched alkanes of at least 4 members (excludes halogenated alkanes) is 2. The predicted molar refractivity (Wildman–Crippen MR) is 109 cm³/mol. The number of halogens is 5. The van der Waals surface area contributed by atoms with Crippen LogP contribution in [0.1, 0.15) is 48.7 Å². The van der Waals surface area contributed by atoms with Crippen molar-refractivity contribution in [1.82, 2.24) is 10.3 Å². The second kappa shape index (κ2) is 10.9. The van der Waals surface area contributed by atoms with E-state index >= 15 is 0 Å². The van der Waals surface area contributed by atoms with Crippen LogP contribution in [-0.4, -0.2) is 17.9 Å². The van der Waals surface area contributed by atoms with Crippen LogP contribution in [0.2, 0.25) is 0 Å². The molecule has 1 aromatic carbocycles.